The average Bonchev–Trinajstić information content (AvgIpc) is 2.62. The van der Waals surface area contributed by atoms with Crippen LogP contribution in [-0.4, -0.2) is 128 Å². The maximum Gasteiger partial charge on any atom is 0.573 e. The molecule has 3 aromatic rings. The van der Waals surface area contributed by atoms with E-state index in [1.165, 1.54) is 18.2 Å². The number of benzene rings is 3. The van der Waals surface area contributed by atoms with Crippen molar-refractivity contribution in [3.63, 3.8) is 0 Å². The van der Waals surface area contributed by atoms with Crippen LogP contribution in [0, 0.1) is 17.8 Å². The Morgan fingerprint density at radius 1 is 0.425 bits per heavy atom. The molecule has 3 aliphatic carbocycles. The summed E-state index contributed by atoms with van der Waals surface area (Å²) >= 11 is 0. The first-order valence-corrected chi connectivity index (χ1v) is 25.4. The molecule has 6 rings (SSSR count). The summed E-state index contributed by atoms with van der Waals surface area (Å²) in [5.41, 5.74) is -0.0683. The molecule has 0 aliphatic heterocycles. The first-order chi connectivity index (χ1) is 40.0. The van der Waals surface area contributed by atoms with Gasteiger partial charge in [-0.2, -0.15) is 26.3 Å². The van der Waals surface area contributed by atoms with Gasteiger partial charge in [-0.1, -0.05) is 36.4 Å². The lowest BCUT2D eigenvalue weighted by Crippen LogP contribution is -2.44. The number of carbonyl (C=O) groups excluding carboxylic acids is 3. The van der Waals surface area contributed by atoms with Gasteiger partial charge >= 0.3 is 38.9 Å². The molecule has 36 heteroatoms. The van der Waals surface area contributed by atoms with E-state index >= 15 is 0 Å². The highest BCUT2D eigenvalue weighted by Gasteiger charge is 2.50. The Hall–Kier alpha value is -6.24. The Morgan fingerprint density at radius 2 is 0.644 bits per heavy atom. The summed E-state index contributed by atoms with van der Waals surface area (Å²) in [4.78, 5) is 36.3. The zero-order valence-corrected chi connectivity index (χ0v) is 44.3. The van der Waals surface area contributed by atoms with E-state index in [0.717, 1.165) is 54.6 Å². The van der Waals surface area contributed by atoms with Crippen LogP contribution < -0.4 is 30.2 Å². The van der Waals surface area contributed by atoms with Crippen LogP contribution in [0.2, 0.25) is 0 Å². The van der Waals surface area contributed by atoms with E-state index in [0.29, 0.717) is 0 Å². The van der Waals surface area contributed by atoms with Gasteiger partial charge < -0.3 is 59.7 Å². The monoisotopic (exact) mass is 1300 g/mol. The fourth-order valence-electron chi connectivity index (χ4n) is 8.72. The van der Waals surface area contributed by atoms with Gasteiger partial charge in [0.05, 0.1) is 75.5 Å². The van der Waals surface area contributed by atoms with Crippen molar-refractivity contribution in [1.82, 2.24) is 16.0 Å². The minimum absolute atomic E-state index is 0.0228. The third kappa shape index (κ3) is 27.8. The minimum atomic E-state index is -4.98. The summed E-state index contributed by atoms with van der Waals surface area (Å²) in [7, 11) is 0. The highest BCUT2D eigenvalue weighted by Crippen LogP contribution is 2.47. The molecular formula is C51H54F21N3O12. The summed E-state index contributed by atoms with van der Waals surface area (Å²) in [5.74, 6) is -15.5. The van der Waals surface area contributed by atoms with Gasteiger partial charge in [0.25, 0.3) is 0 Å². The average molecular weight is 1300 g/mol. The van der Waals surface area contributed by atoms with Gasteiger partial charge in [-0.3, -0.25) is 14.4 Å². The molecule has 0 bridgehead atoms. The Kier molecular flexibility index (Phi) is 26.3. The number of hydrogen-bond donors (Lipinski definition) is 6. The van der Waals surface area contributed by atoms with Crippen LogP contribution in [-0.2, 0) is 28.6 Å². The predicted molar refractivity (Wildman–Crippen MR) is 253 cm³/mol. The first kappa shape index (κ1) is 73.2. The van der Waals surface area contributed by atoms with E-state index in [2.05, 4.69) is 44.4 Å². The number of ether oxygens (including phenoxy) is 6. The Balaban J connectivity index is 0.000000279. The zero-order valence-electron chi connectivity index (χ0n) is 44.3. The Bertz CT molecular complexity index is 2350. The number of carbonyl (C=O) groups is 3. The van der Waals surface area contributed by atoms with Crippen molar-refractivity contribution >= 4 is 17.7 Å². The van der Waals surface area contributed by atoms with E-state index in [-0.39, 0.29) is 16.7 Å². The van der Waals surface area contributed by atoms with Crippen molar-refractivity contribution in [3.05, 3.63) is 89.5 Å². The molecule has 15 nitrogen and oxygen atoms in total. The van der Waals surface area contributed by atoms with Crippen LogP contribution in [0.4, 0.5) is 92.2 Å². The molecule has 0 radical (unpaired) electrons. The highest BCUT2D eigenvalue weighted by molar-refractivity contribution is 5.78. The fraction of sp³-hybridized carbons (Fsp3) is 0.588. The van der Waals surface area contributed by atoms with Gasteiger partial charge in [0, 0.05) is 38.5 Å². The van der Waals surface area contributed by atoms with E-state index in [1.54, 1.807) is 0 Å². The van der Waals surface area contributed by atoms with Crippen molar-refractivity contribution in [2.45, 2.75) is 151 Å². The molecule has 3 saturated carbocycles. The number of alkyl halides is 21. The predicted octanol–water partition coefficient (Wildman–Crippen LogP) is 11.3. The van der Waals surface area contributed by atoms with Gasteiger partial charge in [-0.05, 0) is 70.8 Å². The molecule has 3 amide bonds. The normalized spacial score (nSPS) is 18.8. The Morgan fingerprint density at radius 3 is 0.828 bits per heavy atom. The number of halogens is 21. The molecule has 0 heterocycles. The third-order valence-corrected chi connectivity index (χ3v) is 12.8. The largest absolute Gasteiger partial charge is 0.573 e. The number of rotatable bonds is 27. The van der Waals surface area contributed by atoms with Gasteiger partial charge in [0.1, 0.15) is 17.2 Å². The number of hydrogen-bond acceptors (Lipinski definition) is 12. The molecule has 3 aromatic carbocycles. The van der Waals surface area contributed by atoms with Crippen LogP contribution in [0.5, 0.6) is 17.2 Å². The van der Waals surface area contributed by atoms with Gasteiger partial charge in [0.2, 0.25) is 35.5 Å². The van der Waals surface area contributed by atoms with Crippen LogP contribution in [0.15, 0.2) is 72.8 Å². The van der Waals surface area contributed by atoms with Crippen molar-refractivity contribution in [3.8, 4) is 17.2 Å². The molecule has 0 aromatic heterocycles. The zero-order chi connectivity index (χ0) is 65.5. The highest BCUT2D eigenvalue weighted by atomic mass is 19.4. The topological polar surface area (TPSA) is 203 Å². The third-order valence-electron chi connectivity index (χ3n) is 12.8. The molecule has 0 spiro atoms. The van der Waals surface area contributed by atoms with Crippen LogP contribution in [0.3, 0.4) is 0 Å². The lowest BCUT2D eigenvalue weighted by atomic mass is 9.76. The smallest absolute Gasteiger partial charge is 0.406 e. The first-order valence-electron chi connectivity index (χ1n) is 25.4. The molecule has 492 valence electrons. The molecule has 0 saturated heterocycles. The quantitative estimate of drug-likeness (QED) is 0.0395. The second kappa shape index (κ2) is 31.3. The molecular weight excluding hydrogens is 1250 g/mol. The second-order valence-corrected chi connectivity index (χ2v) is 19.9. The number of aliphatic hydroxyl groups is 3. The van der Waals surface area contributed by atoms with Crippen molar-refractivity contribution in [2.75, 3.05) is 19.8 Å². The standard InChI is InChI=1S/3C17H18F7NO4/c3*18-15(19)28-8-12(9-2-1-3-11(4-9)29-17(22,23)24)25-14(27)5-13(26)10-6-16(20,21)7-10/h3*1-4,10,12-13,15,26H,5-8H2,(H,25,27)/t12-,13?;12-,13+;12-,13-/m000/s1. The summed E-state index contributed by atoms with van der Waals surface area (Å²) in [5, 5.41) is 36.3. The molecule has 3 fully saturated rings. The van der Waals surface area contributed by atoms with Crippen LogP contribution in [0.1, 0.15) is 92.6 Å². The van der Waals surface area contributed by atoms with E-state index in [9.17, 15) is 122 Å². The van der Waals surface area contributed by atoms with E-state index < -0.39 is 223 Å². The van der Waals surface area contributed by atoms with Crippen LogP contribution in [0.25, 0.3) is 0 Å². The van der Waals surface area contributed by atoms with Crippen LogP contribution >= 0.6 is 0 Å². The maximum absolute atomic E-state index is 12.9. The van der Waals surface area contributed by atoms with Gasteiger partial charge in [-0.15, -0.1) is 39.5 Å². The molecule has 87 heavy (non-hydrogen) atoms. The lowest BCUT2D eigenvalue weighted by molar-refractivity contribution is -0.275. The van der Waals surface area contributed by atoms with Gasteiger partial charge in [0.15, 0.2) is 0 Å². The number of nitrogens with one attached hydrogen (secondary N) is 3. The SMILES string of the molecule is O=C(CC(O)C1CC(F)(F)C1)N[C@@H](COC(F)F)c1cccc(OC(F)(F)F)c1.O=C(C[C@@H](O)C1CC(F)(F)C1)N[C@@H](COC(F)F)c1cccc(OC(F)(F)F)c1.O=C(C[C@H](O)C1CC(F)(F)C1)N[C@@H](COC(F)F)c1cccc(OC(F)(F)F)c1. The maximum atomic E-state index is 12.9. The molecule has 6 atom stereocenters. The number of amides is 3. The number of aliphatic hydroxyl groups excluding tert-OH is 3. The molecule has 3 aliphatic rings. The molecule has 1 unspecified atom stereocenters. The summed E-state index contributed by atoms with van der Waals surface area (Å²) < 4.78 is 286. The van der Waals surface area contributed by atoms with E-state index in [4.69, 9.17) is 0 Å². The lowest BCUT2D eigenvalue weighted by Gasteiger charge is -2.37. The van der Waals surface area contributed by atoms with E-state index in [1.807, 2.05) is 0 Å². The van der Waals surface area contributed by atoms with Crippen molar-refractivity contribution in [2.24, 2.45) is 17.8 Å². The fourth-order valence-corrected chi connectivity index (χ4v) is 8.72. The minimum Gasteiger partial charge on any atom is -0.406 e. The van der Waals surface area contributed by atoms with Gasteiger partial charge in [-0.25, -0.2) is 26.3 Å². The summed E-state index contributed by atoms with van der Waals surface area (Å²) in [6, 6.07) is 8.95. The summed E-state index contributed by atoms with van der Waals surface area (Å²) in [6.07, 6.45) is -24.2. The Labute approximate surface area is 478 Å². The summed E-state index contributed by atoms with van der Waals surface area (Å²) in [6.45, 7) is -11.9. The van der Waals surface area contributed by atoms with Crippen molar-refractivity contribution < 1.29 is 150 Å². The second-order valence-electron chi connectivity index (χ2n) is 19.9. The molecule has 6 N–H and O–H groups in total. The van der Waals surface area contributed by atoms with Crippen molar-refractivity contribution in [1.29, 1.82) is 0 Å².